The number of amides is 1. The normalized spacial score (nSPS) is 52.7. The second kappa shape index (κ2) is 3.97. The summed E-state index contributed by atoms with van der Waals surface area (Å²) in [6.45, 7) is 6.55. The van der Waals surface area contributed by atoms with Crippen molar-refractivity contribution >= 4 is 5.91 Å². The molecular formula is C16H26N2O. The molecule has 1 aliphatic heterocycles. The van der Waals surface area contributed by atoms with Crippen molar-refractivity contribution in [1.82, 2.24) is 10.2 Å². The lowest BCUT2D eigenvalue weighted by molar-refractivity contribution is -0.131. The van der Waals surface area contributed by atoms with Crippen LogP contribution in [-0.4, -0.2) is 29.1 Å². The van der Waals surface area contributed by atoms with Gasteiger partial charge in [0.15, 0.2) is 0 Å². The average Bonchev–Trinajstić information content (AvgIpc) is 2.75. The van der Waals surface area contributed by atoms with E-state index in [9.17, 15) is 4.79 Å². The number of hydrogen-bond donors (Lipinski definition) is 1. The van der Waals surface area contributed by atoms with Gasteiger partial charge in [0, 0.05) is 6.04 Å². The predicted octanol–water partition coefficient (Wildman–Crippen LogP) is 2.22. The quantitative estimate of drug-likeness (QED) is 0.846. The van der Waals surface area contributed by atoms with Crippen LogP contribution in [0, 0.1) is 29.6 Å². The molecule has 0 spiro atoms. The van der Waals surface area contributed by atoms with E-state index in [1.807, 2.05) is 0 Å². The Labute approximate surface area is 116 Å². The van der Waals surface area contributed by atoms with Crippen LogP contribution in [0.1, 0.15) is 46.5 Å². The second-order valence-corrected chi connectivity index (χ2v) is 7.43. The highest BCUT2D eigenvalue weighted by Gasteiger charge is 2.69. The Morgan fingerprint density at radius 1 is 1.32 bits per heavy atom. The Balaban J connectivity index is 1.52. The molecule has 0 aromatic carbocycles. The highest BCUT2D eigenvalue weighted by Crippen LogP contribution is 2.67. The molecule has 1 saturated heterocycles. The van der Waals surface area contributed by atoms with Gasteiger partial charge in [0.2, 0.25) is 5.91 Å². The maximum atomic E-state index is 12.7. The Kier molecular flexibility index (Phi) is 2.55. The summed E-state index contributed by atoms with van der Waals surface area (Å²) in [4.78, 5) is 15.0. The molecular weight excluding hydrogens is 236 g/mol. The summed E-state index contributed by atoms with van der Waals surface area (Å²) in [5.74, 6) is 4.46. The van der Waals surface area contributed by atoms with E-state index < -0.39 is 0 Å². The fraction of sp³-hybridized carbons (Fsp3) is 0.938. The molecule has 7 atom stereocenters. The fourth-order valence-electron chi connectivity index (χ4n) is 5.46. The molecule has 4 aliphatic rings. The molecule has 106 valence electrons. The topological polar surface area (TPSA) is 32.3 Å². The minimum Gasteiger partial charge on any atom is -0.322 e. The summed E-state index contributed by atoms with van der Waals surface area (Å²) in [6.07, 6.45) is 5.65. The van der Waals surface area contributed by atoms with Crippen molar-refractivity contribution in [2.45, 2.75) is 64.7 Å². The Morgan fingerprint density at radius 2 is 1.95 bits per heavy atom. The van der Waals surface area contributed by atoms with E-state index in [0.29, 0.717) is 17.9 Å². The van der Waals surface area contributed by atoms with Crippen LogP contribution in [0.25, 0.3) is 0 Å². The van der Waals surface area contributed by atoms with Crippen molar-refractivity contribution < 1.29 is 4.79 Å². The number of nitrogens with one attached hydrogen (secondary N) is 1. The van der Waals surface area contributed by atoms with E-state index in [2.05, 4.69) is 31.0 Å². The third-order valence-corrected chi connectivity index (χ3v) is 6.59. The van der Waals surface area contributed by atoms with Gasteiger partial charge in [0.05, 0.1) is 12.2 Å². The molecule has 0 radical (unpaired) electrons. The van der Waals surface area contributed by atoms with Crippen molar-refractivity contribution in [3.8, 4) is 0 Å². The smallest absolute Gasteiger partial charge is 0.241 e. The number of hydrogen-bond acceptors (Lipinski definition) is 2. The average molecular weight is 262 g/mol. The van der Waals surface area contributed by atoms with E-state index in [0.717, 1.165) is 30.1 Å². The van der Waals surface area contributed by atoms with Crippen LogP contribution in [0.4, 0.5) is 0 Å². The second-order valence-electron chi connectivity index (χ2n) is 7.43. The molecule has 1 N–H and O–H groups in total. The van der Waals surface area contributed by atoms with E-state index in [-0.39, 0.29) is 12.2 Å². The van der Waals surface area contributed by atoms with Gasteiger partial charge in [-0.2, -0.15) is 0 Å². The summed E-state index contributed by atoms with van der Waals surface area (Å²) in [6, 6.07) is 0.661. The molecule has 4 fully saturated rings. The lowest BCUT2D eigenvalue weighted by Gasteiger charge is -2.24. The van der Waals surface area contributed by atoms with Crippen LogP contribution in [0.15, 0.2) is 0 Å². The number of nitrogens with zero attached hydrogens (tertiary/aromatic N) is 1. The molecule has 3 aliphatic carbocycles. The monoisotopic (exact) mass is 262 g/mol. The number of rotatable bonds is 3. The summed E-state index contributed by atoms with van der Waals surface area (Å²) in [5, 5.41) is 3.54. The molecule has 1 amide bonds. The summed E-state index contributed by atoms with van der Waals surface area (Å²) >= 11 is 0. The van der Waals surface area contributed by atoms with Crippen molar-refractivity contribution in [3.63, 3.8) is 0 Å². The minimum atomic E-state index is 0.0685. The van der Waals surface area contributed by atoms with Gasteiger partial charge in [0.1, 0.15) is 0 Å². The molecule has 1 heterocycles. The predicted molar refractivity (Wildman–Crippen MR) is 74.3 cm³/mol. The maximum absolute atomic E-state index is 12.7. The van der Waals surface area contributed by atoms with Crippen LogP contribution < -0.4 is 5.32 Å². The van der Waals surface area contributed by atoms with Gasteiger partial charge in [-0.25, -0.2) is 0 Å². The summed E-state index contributed by atoms with van der Waals surface area (Å²) in [5.41, 5.74) is 0. The highest BCUT2D eigenvalue weighted by atomic mass is 16.2. The molecule has 0 aromatic rings. The minimum absolute atomic E-state index is 0.0685. The van der Waals surface area contributed by atoms with Crippen LogP contribution in [0.3, 0.4) is 0 Å². The molecule has 3 saturated carbocycles. The fourth-order valence-corrected chi connectivity index (χ4v) is 5.46. The van der Waals surface area contributed by atoms with Gasteiger partial charge in [-0.3, -0.25) is 10.1 Å². The zero-order valence-corrected chi connectivity index (χ0v) is 12.3. The van der Waals surface area contributed by atoms with Gasteiger partial charge < -0.3 is 4.90 Å². The van der Waals surface area contributed by atoms with E-state index in [1.165, 1.54) is 19.3 Å². The van der Waals surface area contributed by atoms with Gasteiger partial charge in [-0.05, 0) is 55.8 Å². The number of carbonyl (C=O) groups excluding carboxylic acids is 1. The van der Waals surface area contributed by atoms with E-state index >= 15 is 0 Å². The molecule has 3 nitrogen and oxygen atoms in total. The number of fused-ring (bicyclic) bond motifs is 5. The summed E-state index contributed by atoms with van der Waals surface area (Å²) < 4.78 is 0. The third kappa shape index (κ3) is 1.51. The van der Waals surface area contributed by atoms with Crippen molar-refractivity contribution in [1.29, 1.82) is 0 Å². The van der Waals surface area contributed by atoms with E-state index in [4.69, 9.17) is 0 Å². The van der Waals surface area contributed by atoms with Gasteiger partial charge in [-0.15, -0.1) is 0 Å². The summed E-state index contributed by atoms with van der Waals surface area (Å²) in [7, 11) is 0. The van der Waals surface area contributed by atoms with Crippen LogP contribution in [0.5, 0.6) is 0 Å². The van der Waals surface area contributed by atoms with Crippen LogP contribution in [0.2, 0.25) is 0 Å². The maximum Gasteiger partial charge on any atom is 0.241 e. The molecule has 7 unspecified atom stereocenters. The molecule has 0 aromatic heterocycles. The Hall–Kier alpha value is -0.570. The lowest BCUT2D eigenvalue weighted by atomic mass is 9.99. The lowest BCUT2D eigenvalue weighted by Crippen LogP contribution is -2.39. The van der Waals surface area contributed by atoms with Crippen molar-refractivity contribution in [2.24, 2.45) is 29.6 Å². The Morgan fingerprint density at radius 3 is 2.53 bits per heavy atom. The standard InChI is InChI=1S/C16H26N2O/c1-4-8(2)14-16(19)18(9(3)17-14)15-12-10-5-6-11(7-10)13(12)15/h8-15,17H,4-7H2,1-3H3. The zero-order valence-electron chi connectivity index (χ0n) is 12.3. The Bertz CT molecular complexity index is 394. The van der Waals surface area contributed by atoms with Gasteiger partial charge in [-0.1, -0.05) is 20.3 Å². The molecule has 4 rings (SSSR count). The van der Waals surface area contributed by atoms with Gasteiger partial charge >= 0.3 is 0 Å². The first-order chi connectivity index (χ1) is 9.13. The largest absolute Gasteiger partial charge is 0.322 e. The highest BCUT2D eigenvalue weighted by molar-refractivity contribution is 5.85. The SMILES string of the molecule is CCC(C)C1NC(C)N(C2C3C4CCC(C4)C32)C1=O. The first-order valence-corrected chi connectivity index (χ1v) is 8.21. The van der Waals surface area contributed by atoms with E-state index in [1.54, 1.807) is 0 Å². The molecule has 2 bridgehead atoms. The third-order valence-electron chi connectivity index (χ3n) is 6.59. The van der Waals surface area contributed by atoms with Crippen molar-refractivity contribution in [2.75, 3.05) is 0 Å². The van der Waals surface area contributed by atoms with Gasteiger partial charge in [0.25, 0.3) is 0 Å². The van der Waals surface area contributed by atoms with Crippen molar-refractivity contribution in [3.05, 3.63) is 0 Å². The van der Waals surface area contributed by atoms with Crippen LogP contribution >= 0.6 is 0 Å². The molecule has 19 heavy (non-hydrogen) atoms. The molecule has 3 heteroatoms. The van der Waals surface area contributed by atoms with Crippen LogP contribution in [-0.2, 0) is 4.79 Å². The first-order valence-electron chi connectivity index (χ1n) is 8.21. The number of carbonyl (C=O) groups is 1. The zero-order chi connectivity index (χ0) is 13.3. The first kappa shape index (κ1) is 12.2.